The molecule has 0 atom stereocenters. The minimum absolute atomic E-state index is 0.566. The fourth-order valence-corrected chi connectivity index (χ4v) is 3.58. The molecular weight excluding hydrogens is 279 g/mol. The summed E-state index contributed by atoms with van der Waals surface area (Å²) in [6.07, 6.45) is 4.44. The highest BCUT2D eigenvalue weighted by Gasteiger charge is 2.35. The minimum Gasteiger partial charge on any atom is -0.390 e. The van der Waals surface area contributed by atoms with Crippen molar-refractivity contribution in [3.05, 3.63) is 33.8 Å². The number of aliphatic hydroxyl groups is 1. The summed E-state index contributed by atoms with van der Waals surface area (Å²) in [4.78, 5) is 0. The third-order valence-electron chi connectivity index (χ3n) is 4.47. The summed E-state index contributed by atoms with van der Waals surface area (Å²) in [5.41, 5.74) is 0.247. The van der Waals surface area contributed by atoms with Crippen molar-refractivity contribution in [2.24, 2.45) is 11.8 Å². The molecule has 0 amide bonds. The van der Waals surface area contributed by atoms with Crippen molar-refractivity contribution in [3.63, 3.8) is 0 Å². The topological polar surface area (TPSA) is 20.2 Å². The highest BCUT2D eigenvalue weighted by molar-refractivity contribution is 6.36. The summed E-state index contributed by atoms with van der Waals surface area (Å²) in [5.74, 6) is 1.44. The van der Waals surface area contributed by atoms with Crippen LogP contribution in [0.3, 0.4) is 0 Å². The van der Waals surface area contributed by atoms with Crippen molar-refractivity contribution in [2.45, 2.75) is 51.6 Å². The van der Waals surface area contributed by atoms with E-state index in [1.165, 1.54) is 0 Å². The maximum absolute atomic E-state index is 10.8. The van der Waals surface area contributed by atoms with Crippen molar-refractivity contribution in [1.82, 2.24) is 0 Å². The highest BCUT2D eigenvalue weighted by Crippen LogP contribution is 2.39. The molecule has 0 aliphatic heterocycles. The quantitative estimate of drug-likeness (QED) is 0.822. The average molecular weight is 301 g/mol. The second kappa shape index (κ2) is 6.03. The SMILES string of the molecule is CC(C)C1CCC(O)(Cc2c(Cl)cccc2Cl)CC1. The molecule has 19 heavy (non-hydrogen) atoms. The van der Waals surface area contributed by atoms with Crippen LogP contribution in [0, 0.1) is 11.8 Å². The lowest BCUT2D eigenvalue weighted by Crippen LogP contribution is -2.37. The van der Waals surface area contributed by atoms with Crippen molar-refractivity contribution in [1.29, 1.82) is 0 Å². The minimum atomic E-state index is -0.639. The monoisotopic (exact) mass is 300 g/mol. The summed E-state index contributed by atoms with van der Waals surface area (Å²) in [6, 6.07) is 5.52. The first-order valence-electron chi connectivity index (χ1n) is 7.06. The van der Waals surface area contributed by atoms with Gasteiger partial charge in [0, 0.05) is 16.5 Å². The van der Waals surface area contributed by atoms with Crippen LogP contribution in [0.2, 0.25) is 10.0 Å². The van der Waals surface area contributed by atoms with Gasteiger partial charge < -0.3 is 5.11 Å². The number of hydrogen-bond donors (Lipinski definition) is 1. The van der Waals surface area contributed by atoms with Crippen LogP contribution in [-0.2, 0) is 6.42 Å². The van der Waals surface area contributed by atoms with Crippen molar-refractivity contribution in [2.75, 3.05) is 0 Å². The molecule has 1 aromatic carbocycles. The van der Waals surface area contributed by atoms with Crippen LogP contribution < -0.4 is 0 Å². The lowest BCUT2D eigenvalue weighted by atomic mass is 9.72. The molecule has 0 unspecified atom stereocenters. The molecule has 1 nitrogen and oxygen atoms in total. The van der Waals surface area contributed by atoms with Gasteiger partial charge in [-0.05, 0) is 55.2 Å². The van der Waals surface area contributed by atoms with Gasteiger partial charge in [-0.3, -0.25) is 0 Å². The molecule has 0 radical (unpaired) electrons. The number of halogens is 2. The van der Waals surface area contributed by atoms with Crippen molar-refractivity contribution >= 4 is 23.2 Å². The van der Waals surface area contributed by atoms with Gasteiger partial charge in [-0.2, -0.15) is 0 Å². The van der Waals surface area contributed by atoms with Crippen molar-refractivity contribution < 1.29 is 5.11 Å². The molecule has 1 N–H and O–H groups in total. The van der Waals surface area contributed by atoms with E-state index in [2.05, 4.69) is 13.8 Å². The smallest absolute Gasteiger partial charge is 0.0689 e. The molecule has 0 bridgehead atoms. The van der Waals surface area contributed by atoms with E-state index < -0.39 is 5.60 Å². The molecule has 2 rings (SSSR count). The largest absolute Gasteiger partial charge is 0.390 e. The number of benzene rings is 1. The first-order chi connectivity index (χ1) is 8.91. The van der Waals surface area contributed by atoms with Crippen LogP contribution in [0.1, 0.15) is 45.1 Å². The van der Waals surface area contributed by atoms with E-state index in [4.69, 9.17) is 23.2 Å². The Balaban J connectivity index is 2.07. The lowest BCUT2D eigenvalue weighted by molar-refractivity contribution is -0.0146. The van der Waals surface area contributed by atoms with Crippen LogP contribution in [-0.4, -0.2) is 10.7 Å². The summed E-state index contributed by atoms with van der Waals surface area (Å²) >= 11 is 12.4. The third kappa shape index (κ3) is 3.65. The molecule has 1 fully saturated rings. The zero-order chi connectivity index (χ0) is 14.0. The van der Waals surface area contributed by atoms with E-state index in [0.717, 1.165) is 37.2 Å². The maximum atomic E-state index is 10.8. The summed E-state index contributed by atoms with van der Waals surface area (Å²) < 4.78 is 0. The molecule has 0 spiro atoms. The van der Waals surface area contributed by atoms with Crippen LogP contribution in [0.4, 0.5) is 0 Å². The van der Waals surface area contributed by atoms with Gasteiger partial charge in [-0.25, -0.2) is 0 Å². The van der Waals surface area contributed by atoms with Gasteiger partial charge in [-0.15, -0.1) is 0 Å². The third-order valence-corrected chi connectivity index (χ3v) is 5.18. The first kappa shape index (κ1) is 15.2. The predicted octanol–water partition coefficient (Wildman–Crippen LogP) is 5.11. The summed E-state index contributed by atoms with van der Waals surface area (Å²) in [6.45, 7) is 4.53. The van der Waals surface area contributed by atoms with E-state index >= 15 is 0 Å². The Bertz CT molecular complexity index is 414. The van der Waals surface area contributed by atoms with Gasteiger partial charge in [0.05, 0.1) is 5.60 Å². The van der Waals surface area contributed by atoms with Crippen LogP contribution >= 0.6 is 23.2 Å². The van der Waals surface area contributed by atoms with E-state index in [1.807, 2.05) is 18.2 Å². The van der Waals surface area contributed by atoms with Gasteiger partial charge in [-0.1, -0.05) is 43.1 Å². The number of rotatable bonds is 3. The summed E-state index contributed by atoms with van der Waals surface area (Å²) in [5, 5.41) is 12.1. The van der Waals surface area contributed by atoms with Crippen LogP contribution in [0.5, 0.6) is 0 Å². The van der Waals surface area contributed by atoms with Crippen LogP contribution in [0.15, 0.2) is 18.2 Å². The zero-order valence-electron chi connectivity index (χ0n) is 11.6. The number of hydrogen-bond acceptors (Lipinski definition) is 1. The second-order valence-electron chi connectivity index (χ2n) is 6.18. The molecule has 0 heterocycles. The molecule has 1 aliphatic rings. The van der Waals surface area contributed by atoms with Gasteiger partial charge in [0.2, 0.25) is 0 Å². The maximum Gasteiger partial charge on any atom is 0.0689 e. The zero-order valence-corrected chi connectivity index (χ0v) is 13.1. The Labute approximate surface area is 125 Å². The second-order valence-corrected chi connectivity index (χ2v) is 7.00. The van der Waals surface area contributed by atoms with Gasteiger partial charge in [0.25, 0.3) is 0 Å². The Morgan fingerprint density at radius 2 is 1.74 bits per heavy atom. The van der Waals surface area contributed by atoms with Gasteiger partial charge in [0.1, 0.15) is 0 Å². The van der Waals surface area contributed by atoms with E-state index in [9.17, 15) is 5.11 Å². The Morgan fingerprint density at radius 3 is 2.21 bits per heavy atom. The molecule has 0 aromatic heterocycles. The van der Waals surface area contributed by atoms with E-state index in [-0.39, 0.29) is 0 Å². The Hall–Kier alpha value is -0.240. The molecule has 106 valence electrons. The fraction of sp³-hybridized carbons (Fsp3) is 0.625. The van der Waals surface area contributed by atoms with Crippen molar-refractivity contribution in [3.8, 4) is 0 Å². The Kier molecular flexibility index (Phi) is 4.81. The molecule has 0 saturated heterocycles. The molecule has 1 saturated carbocycles. The Morgan fingerprint density at radius 1 is 1.21 bits per heavy atom. The first-order valence-corrected chi connectivity index (χ1v) is 7.82. The lowest BCUT2D eigenvalue weighted by Gasteiger charge is -2.38. The highest BCUT2D eigenvalue weighted by atomic mass is 35.5. The molecular formula is C16H22Cl2O. The normalized spacial score (nSPS) is 27.8. The molecule has 3 heteroatoms. The van der Waals surface area contributed by atoms with E-state index in [0.29, 0.717) is 22.4 Å². The molecule has 1 aliphatic carbocycles. The summed E-state index contributed by atoms with van der Waals surface area (Å²) in [7, 11) is 0. The van der Waals surface area contributed by atoms with Crippen LogP contribution in [0.25, 0.3) is 0 Å². The molecule has 1 aromatic rings. The van der Waals surface area contributed by atoms with Gasteiger partial charge in [0.15, 0.2) is 0 Å². The van der Waals surface area contributed by atoms with E-state index in [1.54, 1.807) is 0 Å². The van der Waals surface area contributed by atoms with Gasteiger partial charge >= 0.3 is 0 Å². The standard InChI is InChI=1S/C16H22Cl2O/c1-11(2)12-6-8-16(19,9-7-12)10-13-14(17)4-3-5-15(13)18/h3-5,11-12,19H,6-10H2,1-2H3. The predicted molar refractivity (Wildman–Crippen MR) is 81.9 cm³/mol. The average Bonchev–Trinajstić information content (AvgIpc) is 2.35. The fourth-order valence-electron chi connectivity index (χ4n) is 3.05.